The minimum Gasteiger partial charge on any atom is -0.493 e. The van der Waals surface area contributed by atoms with Gasteiger partial charge in [0.05, 0.1) is 53.8 Å². The van der Waals surface area contributed by atoms with Gasteiger partial charge >= 0.3 is 0 Å². The van der Waals surface area contributed by atoms with Crippen molar-refractivity contribution < 1.29 is 28.4 Å². The molecule has 2 fully saturated rings. The maximum atomic E-state index is 5.78. The van der Waals surface area contributed by atoms with Crippen LogP contribution in [-0.2, 0) is 6.54 Å². The second-order valence-electron chi connectivity index (χ2n) is 11.2. The summed E-state index contributed by atoms with van der Waals surface area (Å²) in [5.74, 6) is 4.72. The van der Waals surface area contributed by atoms with Crippen LogP contribution >= 0.6 is 15.9 Å². The van der Waals surface area contributed by atoms with Gasteiger partial charge in [0.25, 0.3) is 0 Å². The maximum Gasteiger partial charge on any atom is 0.229 e. The summed E-state index contributed by atoms with van der Waals surface area (Å²) < 4.78 is 33.1. The molecule has 3 N–H and O–H groups in total. The first-order valence-electron chi connectivity index (χ1n) is 16.4. The summed E-state index contributed by atoms with van der Waals surface area (Å²) >= 11 is 3.60. The average molecular weight is 734 g/mol. The Morgan fingerprint density at radius 1 is 0.688 bits per heavy atom. The lowest BCUT2D eigenvalue weighted by molar-refractivity contribution is 0.210. The Morgan fingerprint density at radius 3 is 1.50 bits per heavy atom. The quantitative estimate of drug-likeness (QED) is 0.209. The molecule has 15 heteroatoms. The van der Waals surface area contributed by atoms with Crippen molar-refractivity contribution in [2.45, 2.75) is 58.2 Å². The van der Waals surface area contributed by atoms with Crippen molar-refractivity contribution in [1.29, 1.82) is 0 Å². The smallest absolute Gasteiger partial charge is 0.229 e. The van der Waals surface area contributed by atoms with Gasteiger partial charge < -0.3 is 44.4 Å². The van der Waals surface area contributed by atoms with E-state index in [1.54, 1.807) is 40.6 Å². The highest BCUT2D eigenvalue weighted by atomic mass is 79.9. The molecule has 0 atom stereocenters. The first-order chi connectivity index (χ1) is 23.4. The fraction of sp³-hybridized carbons (Fsp3) is 0.576. The summed E-state index contributed by atoms with van der Waals surface area (Å²) in [6.07, 6.45) is 4.14. The van der Waals surface area contributed by atoms with Crippen LogP contribution in [-0.4, -0.2) is 105 Å². The van der Waals surface area contributed by atoms with Crippen molar-refractivity contribution in [2.24, 2.45) is 0 Å². The van der Waals surface area contributed by atoms with Crippen molar-refractivity contribution in [3.05, 3.63) is 34.3 Å². The molecule has 1 aromatic carbocycles. The monoisotopic (exact) mass is 732 g/mol. The number of methoxy groups -OCH3 is 4. The molecule has 14 nitrogen and oxygen atoms in total. The molecule has 0 spiro atoms. The van der Waals surface area contributed by atoms with Crippen LogP contribution in [0.3, 0.4) is 0 Å². The van der Waals surface area contributed by atoms with E-state index >= 15 is 0 Å². The molecule has 2 aromatic heterocycles. The number of piperidine rings is 2. The van der Waals surface area contributed by atoms with E-state index in [0.717, 1.165) is 74.4 Å². The number of benzene rings is 1. The molecule has 3 aromatic rings. The molecule has 264 valence electrons. The predicted octanol–water partition coefficient (Wildman–Crippen LogP) is 4.79. The van der Waals surface area contributed by atoms with Gasteiger partial charge in [-0.3, -0.25) is 4.90 Å². The van der Waals surface area contributed by atoms with Crippen molar-refractivity contribution in [3.8, 4) is 35.0 Å². The van der Waals surface area contributed by atoms with E-state index in [1.807, 2.05) is 13.8 Å². The molecule has 0 unspecified atom stereocenters. The zero-order chi connectivity index (χ0) is 34.3. The Balaban J connectivity index is 0.000000257. The molecule has 0 aliphatic carbocycles. The van der Waals surface area contributed by atoms with Gasteiger partial charge in [0.15, 0.2) is 0 Å². The number of anilines is 2. The number of ether oxygens (including phenoxy) is 6. The second-order valence-corrected chi connectivity index (χ2v) is 12.0. The zero-order valence-electron chi connectivity index (χ0n) is 28.8. The minimum atomic E-state index is 0.302. The zero-order valence-corrected chi connectivity index (χ0v) is 30.4. The topological polar surface area (TPSA) is 146 Å². The SMILES string of the molecule is CCOc1cc(CN2CCC(Nc3nc(OC)cc(OC)n3)CC2)cc(OCC)c1Br.COc1cc(OC)nc(NC2CCNCC2)n1. The molecule has 2 aliphatic rings. The van der Waals surface area contributed by atoms with Gasteiger partial charge in [-0.2, -0.15) is 19.9 Å². The van der Waals surface area contributed by atoms with Crippen molar-refractivity contribution in [1.82, 2.24) is 30.2 Å². The molecule has 2 saturated heterocycles. The Bertz CT molecular complexity index is 1350. The fourth-order valence-electron chi connectivity index (χ4n) is 5.42. The van der Waals surface area contributed by atoms with Crippen LogP contribution in [0.4, 0.5) is 11.9 Å². The Morgan fingerprint density at radius 2 is 1.10 bits per heavy atom. The number of halogens is 1. The van der Waals surface area contributed by atoms with Gasteiger partial charge in [0.2, 0.25) is 35.4 Å². The average Bonchev–Trinajstić information content (AvgIpc) is 3.11. The third kappa shape index (κ3) is 11.1. The second kappa shape index (κ2) is 19.2. The molecular weight excluding hydrogens is 684 g/mol. The number of aromatic nitrogens is 4. The highest BCUT2D eigenvalue weighted by Crippen LogP contribution is 2.37. The third-order valence-corrected chi connectivity index (χ3v) is 8.64. The molecule has 5 rings (SSSR count). The molecule has 0 amide bonds. The summed E-state index contributed by atoms with van der Waals surface area (Å²) in [5, 5.41) is 10.0. The molecule has 0 radical (unpaired) electrons. The van der Waals surface area contributed by atoms with E-state index in [4.69, 9.17) is 28.4 Å². The van der Waals surface area contributed by atoms with Crippen LogP contribution in [0, 0.1) is 0 Å². The number of hydrogen-bond donors (Lipinski definition) is 3. The lowest BCUT2D eigenvalue weighted by atomic mass is 10.0. The lowest BCUT2D eigenvalue weighted by Crippen LogP contribution is -2.39. The number of hydrogen-bond acceptors (Lipinski definition) is 14. The number of likely N-dealkylation sites (tertiary alicyclic amines) is 1. The van der Waals surface area contributed by atoms with Crippen LogP contribution in [0.15, 0.2) is 28.7 Å². The van der Waals surface area contributed by atoms with Crippen molar-refractivity contribution in [2.75, 3.05) is 78.5 Å². The number of nitrogens with one attached hydrogen (secondary N) is 3. The van der Waals surface area contributed by atoms with Crippen molar-refractivity contribution in [3.63, 3.8) is 0 Å². The van der Waals surface area contributed by atoms with Crippen molar-refractivity contribution >= 4 is 27.8 Å². The van der Waals surface area contributed by atoms with Gasteiger partial charge in [-0.25, -0.2) is 0 Å². The summed E-state index contributed by atoms with van der Waals surface area (Å²) in [5.41, 5.74) is 1.18. The summed E-state index contributed by atoms with van der Waals surface area (Å²) in [4.78, 5) is 19.7. The Hall–Kier alpha value is -3.82. The van der Waals surface area contributed by atoms with E-state index in [9.17, 15) is 0 Å². The van der Waals surface area contributed by atoms with Crippen LogP contribution in [0.5, 0.6) is 35.0 Å². The van der Waals surface area contributed by atoms with Gasteiger partial charge in [0.1, 0.15) is 16.0 Å². The van der Waals surface area contributed by atoms with Gasteiger partial charge in [0, 0.05) is 31.7 Å². The van der Waals surface area contributed by atoms with Crippen LogP contribution < -0.4 is 44.4 Å². The van der Waals surface area contributed by atoms with E-state index in [0.29, 0.717) is 60.7 Å². The first kappa shape index (κ1) is 37.0. The standard InChI is InChI=1S/C22H31BrN4O4.C11H18N4O2/c1-5-30-17-11-15(12-18(21(17)23)31-6-2)14-27-9-7-16(8-10-27)24-22-25-19(28-3)13-20(26-22)29-4;1-16-9-7-10(17-2)15-11(14-9)13-8-3-5-12-6-4-8/h11-13,16H,5-10,14H2,1-4H3,(H,24,25,26);7-8,12H,3-6H2,1-2H3,(H,13,14,15). The number of rotatable bonds is 14. The van der Waals surface area contributed by atoms with Crippen LogP contribution in [0.2, 0.25) is 0 Å². The van der Waals surface area contributed by atoms with E-state index in [2.05, 4.69) is 68.8 Å². The highest BCUT2D eigenvalue weighted by molar-refractivity contribution is 9.10. The predicted molar refractivity (Wildman–Crippen MR) is 188 cm³/mol. The largest absolute Gasteiger partial charge is 0.493 e. The van der Waals surface area contributed by atoms with E-state index in [1.165, 1.54) is 5.56 Å². The maximum absolute atomic E-state index is 5.78. The molecular formula is C33H49BrN8O6. The van der Waals surface area contributed by atoms with Gasteiger partial charge in [-0.1, -0.05) is 0 Å². The highest BCUT2D eigenvalue weighted by Gasteiger charge is 2.22. The third-order valence-electron chi connectivity index (χ3n) is 7.86. The molecule has 2 aliphatic heterocycles. The van der Waals surface area contributed by atoms with Crippen LogP contribution in [0.1, 0.15) is 45.1 Å². The molecule has 48 heavy (non-hydrogen) atoms. The summed E-state index contributed by atoms with van der Waals surface area (Å²) in [7, 11) is 6.33. The Labute approximate surface area is 291 Å². The Kier molecular flexibility index (Phi) is 14.8. The molecule has 0 bridgehead atoms. The minimum absolute atomic E-state index is 0.302. The normalized spacial score (nSPS) is 15.5. The van der Waals surface area contributed by atoms with E-state index < -0.39 is 0 Å². The molecule has 0 saturated carbocycles. The summed E-state index contributed by atoms with van der Waals surface area (Å²) in [6.45, 7) is 10.0. The lowest BCUT2D eigenvalue weighted by Gasteiger charge is -2.32. The van der Waals surface area contributed by atoms with Gasteiger partial charge in [-0.05, 0) is 86.2 Å². The van der Waals surface area contributed by atoms with E-state index in [-0.39, 0.29) is 0 Å². The summed E-state index contributed by atoms with van der Waals surface area (Å²) in [6, 6.07) is 8.23. The fourth-order valence-corrected chi connectivity index (χ4v) is 5.88. The molecule has 4 heterocycles. The van der Waals surface area contributed by atoms with Crippen LogP contribution in [0.25, 0.3) is 0 Å². The van der Waals surface area contributed by atoms with Gasteiger partial charge in [-0.15, -0.1) is 0 Å². The first-order valence-corrected chi connectivity index (χ1v) is 17.1. The number of nitrogens with zero attached hydrogens (tertiary/aromatic N) is 5.